The first-order valence-electron chi connectivity index (χ1n) is 5.38. The van der Waals surface area contributed by atoms with E-state index in [0.717, 1.165) is 0 Å². The van der Waals surface area contributed by atoms with Gasteiger partial charge in [-0.1, -0.05) is 27.7 Å². The molecule has 0 aromatic carbocycles. The van der Waals surface area contributed by atoms with Gasteiger partial charge in [-0.2, -0.15) is 0 Å². The van der Waals surface area contributed by atoms with Crippen LogP contribution < -0.4 is 10.5 Å². The molecule has 0 saturated heterocycles. The molecule has 4 N–H and O–H groups in total. The third-order valence-corrected chi connectivity index (χ3v) is 3.87. The average molecular weight is 249 g/mol. The van der Waals surface area contributed by atoms with Gasteiger partial charge in [0.05, 0.1) is 11.6 Å². The van der Waals surface area contributed by atoms with Gasteiger partial charge in [0.15, 0.2) is 0 Å². The van der Waals surface area contributed by atoms with Crippen molar-refractivity contribution >= 4 is 15.9 Å². The van der Waals surface area contributed by atoms with Crippen LogP contribution in [0.4, 0.5) is 0 Å². The summed E-state index contributed by atoms with van der Waals surface area (Å²) >= 11 is 0. The lowest BCUT2D eigenvalue weighted by Gasteiger charge is -2.22. The van der Waals surface area contributed by atoms with Crippen molar-refractivity contribution in [2.45, 2.75) is 46.6 Å². The SMILES string of the molecule is CCC(CC(=N)N)NS(=O)(=O)CC(C)(C)C. The molecule has 0 fully saturated rings. The Morgan fingerprint density at radius 1 is 1.44 bits per heavy atom. The lowest BCUT2D eigenvalue weighted by atomic mass is 10.0. The van der Waals surface area contributed by atoms with Gasteiger partial charge in [0, 0.05) is 12.5 Å². The standard InChI is InChI=1S/C10H23N3O2S/c1-5-8(6-9(11)12)13-16(14,15)7-10(2,3)4/h8,13H,5-7H2,1-4H3,(H3,11,12). The summed E-state index contributed by atoms with van der Waals surface area (Å²) in [5.74, 6) is 0.0827. The topological polar surface area (TPSA) is 96.0 Å². The van der Waals surface area contributed by atoms with E-state index in [1.54, 1.807) is 0 Å². The van der Waals surface area contributed by atoms with E-state index in [0.29, 0.717) is 6.42 Å². The number of hydrogen-bond acceptors (Lipinski definition) is 3. The van der Waals surface area contributed by atoms with E-state index in [1.165, 1.54) is 0 Å². The van der Waals surface area contributed by atoms with Gasteiger partial charge in [-0.3, -0.25) is 5.41 Å². The highest BCUT2D eigenvalue weighted by atomic mass is 32.2. The Labute approximate surface area is 98.4 Å². The van der Waals surface area contributed by atoms with E-state index in [4.69, 9.17) is 11.1 Å². The second kappa shape index (κ2) is 5.63. The quantitative estimate of drug-likeness (QED) is 0.485. The molecule has 0 aliphatic heterocycles. The zero-order valence-electron chi connectivity index (χ0n) is 10.5. The lowest BCUT2D eigenvalue weighted by Crippen LogP contribution is -2.40. The molecular formula is C10H23N3O2S. The minimum atomic E-state index is -3.30. The molecule has 6 heteroatoms. The molecule has 0 heterocycles. The van der Waals surface area contributed by atoms with Gasteiger partial charge in [-0.15, -0.1) is 0 Å². The van der Waals surface area contributed by atoms with Crippen LogP contribution >= 0.6 is 0 Å². The Hall–Kier alpha value is -0.620. The van der Waals surface area contributed by atoms with Gasteiger partial charge in [-0.25, -0.2) is 13.1 Å². The molecule has 0 spiro atoms. The predicted octanol–water partition coefficient (Wildman–Crippen LogP) is 1.06. The van der Waals surface area contributed by atoms with Crippen LogP contribution in [-0.4, -0.2) is 26.0 Å². The van der Waals surface area contributed by atoms with Gasteiger partial charge < -0.3 is 5.73 Å². The summed E-state index contributed by atoms with van der Waals surface area (Å²) in [5, 5.41) is 7.16. The van der Waals surface area contributed by atoms with Crippen LogP contribution in [0, 0.1) is 10.8 Å². The van der Waals surface area contributed by atoms with Crippen molar-refractivity contribution in [3.8, 4) is 0 Å². The summed E-state index contributed by atoms with van der Waals surface area (Å²) in [6.07, 6.45) is 0.892. The molecule has 0 amide bonds. The van der Waals surface area contributed by atoms with Crippen molar-refractivity contribution in [3.05, 3.63) is 0 Å². The highest BCUT2D eigenvalue weighted by molar-refractivity contribution is 7.89. The molecule has 0 rings (SSSR count). The van der Waals surface area contributed by atoms with Crippen molar-refractivity contribution in [2.24, 2.45) is 11.1 Å². The summed E-state index contributed by atoms with van der Waals surface area (Å²) < 4.78 is 26.1. The molecule has 0 aromatic rings. The van der Waals surface area contributed by atoms with Crippen molar-refractivity contribution in [2.75, 3.05) is 5.75 Å². The van der Waals surface area contributed by atoms with Crippen LogP contribution in [0.1, 0.15) is 40.5 Å². The first-order chi connectivity index (χ1) is 7.06. The Balaban J connectivity index is 4.50. The Morgan fingerprint density at radius 3 is 2.25 bits per heavy atom. The number of amidine groups is 1. The maximum Gasteiger partial charge on any atom is 0.212 e. The molecule has 5 nitrogen and oxygen atoms in total. The van der Waals surface area contributed by atoms with Crippen LogP contribution in [0.15, 0.2) is 0 Å². The second-order valence-corrected chi connectivity index (χ2v) is 7.03. The predicted molar refractivity (Wildman–Crippen MR) is 67.0 cm³/mol. The lowest BCUT2D eigenvalue weighted by molar-refractivity contribution is 0.453. The van der Waals surface area contributed by atoms with Crippen molar-refractivity contribution in [1.82, 2.24) is 4.72 Å². The highest BCUT2D eigenvalue weighted by Crippen LogP contribution is 2.16. The third-order valence-electron chi connectivity index (χ3n) is 1.93. The summed E-state index contributed by atoms with van der Waals surface area (Å²) in [4.78, 5) is 0. The van der Waals surface area contributed by atoms with Crippen LogP contribution in [0.3, 0.4) is 0 Å². The van der Waals surface area contributed by atoms with Gasteiger partial charge in [-0.05, 0) is 11.8 Å². The number of hydrogen-bond donors (Lipinski definition) is 3. The smallest absolute Gasteiger partial charge is 0.212 e. The molecule has 0 saturated carbocycles. The van der Waals surface area contributed by atoms with E-state index < -0.39 is 10.0 Å². The molecule has 0 aliphatic rings. The number of nitrogens with two attached hydrogens (primary N) is 1. The fraction of sp³-hybridized carbons (Fsp3) is 0.900. The van der Waals surface area contributed by atoms with Gasteiger partial charge in [0.1, 0.15) is 0 Å². The molecule has 16 heavy (non-hydrogen) atoms. The Bertz CT molecular complexity index is 330. The molecule has 0 aliphatic carbocycles. The molecule has 0 radical (unpaired) electrons. The maximum absolute atomic E-state index is 11.8. The van der Waals surface area contributed by atoms with Crippen LogP contribution in [0.25, 0.3) is 0 Å². The fourth-order valence-corrected chi connectivity index (χ4v) is 3.38. The first-order valence-corrected chi connectivity index (χ1v) is 7.04. The van der Waals surface area contributed by atoms with E-state index in [1.807, 2.05) is 27.7 Å². The molecule has 96 valence electrons. The first kappa shape index (κ1) is 15.4. The highest BCUT2D eigenvalue weighted by Gasteiger charge is 2.24. The molecule has 1 unspecified atom stereocenters. The summed E-state index contributed by atoms with van der Waals surface area (Å²) in [6.45, 7) is 7.49. The summed E-state index contributed by atoms with van der Waals surface area (Å²) in [5.41, 5.74) is 4.99. The second-order valence-electron chi connectivity index (χ2n) is 5.27. The van der Waals surface area contributed by atoms with Crippen LogP contribution in [-0.2, 0) is 10.0 Å². The van der Waals surface area contributed by atoms with Gasteiger partial charge in [0.25, 0.3) is 0 Å². The van der Waals surface area contributed by atoms with Crippen molar-refractivity contribution in [1.29, 1.82) is 5.41 Å². The van der Waals surface area contributed by atoms with E-state index in [9.17, 15) is 8.42 Å². The van der Waals surface area contributed by atoms with Crippen molar-refractivity contribution < 1.29 is 8.42 Å². The third kappa shape index (κ3) is 7.64. The Morgan fingerprint density at radius 2 is 1.94 bits per heavy atom. The largest absolute Gasteiger partial charge is 0.388 e. The van der Waals surface area contributed by atoms with Crippen LogP contribution in [0.2, 0.25) is 0 Å². The Kier molecular flexibility index (Phi) is 5.41. The normalized spacial score (nSPS) is 14.8. The van der Waals surface area contributed by atoms with E-state index >= 15 is 0 Å². The maximum atomic E-state index is 11.8. The minimum Gasteiger partial charge on any atom is -0.388 e. The average Bonchev–Trinajstić information content (AvgIpc) is 1.96. The molecule has 0 bridgehead atoms. The fourth-order valence-electron chi connectivity index (χ4n) is 1.40. The van der Waals surface area contributed by atoms with E-state index in [-0.39, 0.29) is 29.5 Å². The summed E-state index contributed by atoms with van der Waals surface area (Å²) in [7, 11) is -3.30. The zero-order valence-corrected chi connectivity index (χ0v) is 11.3. The van der Waals surface area contributed by atoms with Gasteiger partial charge in [0.2, 0.25) is 10.0 Å². The number of sulfonamides is 1. The van der Waals surface area contributed by atoms with Gasteiger partial charge >= 0.3 is 0 Å². The molecule has 0 aromatic heterocycles. The molecular weight excluding hydrogens is 226 g/mol. The number of rotatable bonds is 6. The van der Waals surface area contributed by atoms with E-state index in [2.05, 4.69) is 4.72 Å². The molecule has 1 atom stereocenters. The minimum absolute atomic E-state index is 0.00492. The summed E-state index contributed by atoms with van der Waals surface area (Å²) in [6, 6.07) is -0.273. The zero-order chi connectivity index (χ0) is 13.0. The number of nitrogens with one attached hydrogen (secondary N) is 2. The van der Waals surface area contributed by atoms with Crippen LogP contribution in [0.5, 0.6) is 0 Å². The van der Waals surface area contributed by atoms with Crippen molar-refractivity contribution in [3.63, 3.8) is 0 Å². The monoisotopic (exact) mass is 249 g/mol.